The summed E-state index contributed by atoms with van der Waals surface area (Å²) in [5.41, 5.74) is 1.19. The van der Waals surface area contributed by atoms with Gasteiger partial charge in [0.05, 0.1) is 47.2 Å². The first-order valence-electron chi connectivity index (χ1n) is 25.6. The van der Waals surface area contributed by atoms with E-state index in [1.54, 1.807) is 55.1 Å². The molecule has 0 bridgehead atoms. The summed E-state index contributed by atoms with van der Waals surface area (Å²) >= 11 is 3.13. The number of carboxylic acid groups (broad SMARTS) is 1. The van der Waals surface area contributed by atoms with Gasteiger partial charge in [0.2, 0.25) is 17.7 Å². The molecule has 1 aliphatic heterocycles. The second kappa shape index (κ2) is 31.3. The molecule has 400 valence electrons. The quantitative estimate of drug-likeness (QED) is 0.0462. The summed E-state index contributed by atoms with van der Waals surface area (Å²) < 4.78 is 12.2. The predicted molar refractivity (Wildman–Crippen MR) is 280 cm³/mol. The monoisotopic (exact) mass is 1060 g/mol. The van der Waals surface area contributed by atoms with Gasteiger partial charge in [0.25, 0.3) is 5.91 Å². The lowest BCUT2D eigenvalue weighted by molar-refractivity contribution is -0.149. The Hall–Kier alpha value is -4.32. The number of carbonyl (C=O) groups is 8. The molecule has 1 aliphatic rings. The molecule has 17 heteroatoms. The van der Waals surface area contributed by atoms with Crippen LogP contribution in [0.2, 0.25) is 0 Å². The fraction of sp³-hybridized carbons (Fsp3) is 0.704. The Kier molecular flexibility index (Phi) is 27.7. The van der Waals surface area contributed by atoms with Crippen molar-refractivity contribution in [2.24, 2.45) is 35.5 Å². The van der Waals surface area contributed by atoms with Gasteiger partial charge in [0, 0.05) is 83.6 Å². The van der Waals surface area contributed by atoms with Crippen LogP contribution < -0.4 is 10.6 Å². The van der Waals surface area contributed by atoms with E-state index in [9.17, 15) is 43.5 Å². The third-order valence-electron chi connectivity index (χ3n) is 14.0. The summed E-state index contributed by atoms with van der Waals surface area (Å²) in [6, 6.07) is 5.53. The van der Waals surface area contributed by atoms with Crippen molar-refractivity contribution in [1.29, 1.82) is 0 Å². The number of nitrogens with one attached hydrogen (secondary N) is 2. The lowest BCUT2D eigenvalue weighted by Crippen LogP contribution is -2.54. The Morgan fingerprint density at radius 2 is 1.49 bits per heavy atom. The number of ether oxygens (including phenoxy) is 2. The number of rotatable bonds is 33. The van der Waals surface area contributed by atoms with Gasteiger partial charge in [0.1, 0.15) is 5.78 Å². The SMILES string of the molecule is CCCNC(=O)/C(Br)=C\C(=O)CCCCC(=O)Nc1ccc(C[C@H](CC(=O)[C@H](C)[C@@H](OC)[C@@H]2CCCN2C(=O)CC(OC)[C@H](C(C)CC)N(C)C(=O)[C@@H](CC(=O)[C@H](C(C)C)N(C)C)C(C)C)C(=O)O)cc1. The van der Waals surface area contributed by atoms with Crippen LogP contribution in [0.3, 0.4) is 0 Å². The van der Waals surface area contributed by atoms with Crippen molar-refractivity contribution in [3.8, 4) is 0 Å². The second-order valence-electron chi connectivity index (χ2n) is 20.3. The van der Waals surface area contributed by atoms with Gasteiger partial charge in [-0.25, -0.2) is 0 Å². The largest absolute Gasteiger partial charge is 0.481 e. The van der Waals surface area contributed by atoms with Crippen molar-refractivity contribution in [2.75, 3.05) is 53.8 Å². The molecule has 1 aromatic carbocycles. The minimum Gasteiger partial charge on any atom is -0.481 e. The van der Waals surface area contributed by atoms with E-state index in [-0.39, 0.29) is 108 Å². The normalized spacial score (nSPS) is 17.5. The fourth-order valence-electron chi connectivity index (χ4n) is 9.90. The maximum Gasteiger partial charge on any atom is 0.307 e. The summed E-state index contributed by atoms with van der Waals surface area (Å²) in [5, 5.41) is 15.8. The molecule has 16 nitrogen and oxygen atoms in total. The number of carboxylic acids is 1. The van der Waals surface area contributed by atoms with Gasteiger partial charge in [-0.3, -0.25) is 43.3 Å². The Balaban J connectivity index is 2.11. The second-order valence-corrected chi connectivity index (χ2v) is 21.2. The van der Waals surface area contributed by atoms with Crippen molar-refractivity contribution in [1.82, 2.24) is 20.0 Å². The fourth-order valence-corrected chi connectivity index (χ4v) is 10.3. The van der Waals surface area contributed by atoms with Gasteiger partial charge in [-0.2, -0.15) is 0 Å². The van der Waals surface area contributed by atoms with Crippen LogP contribution in [0, 0.1) is 35.5 Å². The van der Waals surface area contributed by atoms with Crippen LogP contribution in [0.4, 0.5) is 5.69 Å². The number of hydrogen-bond donors (Lipinski definition) is 3. The molecule has 71 heavy (non-hydrogen) atoms. The standard InChI is InChI=1S/C54H86BrN5O11/c1-14-26-56-52(66)42(55)30-40(61)19-16-17-21-47(64)57-39-24-22-37(23-25-39)28-38(54(68)69)29-44(62)36(8)51(71-13)43-20-18-27-60(43)48(65)32-46(70-12)50(35(7)15-2)59(11)53(67)41(33(3)4)31-45(63)49(34(5)6)58(9)10/h22-25,30,33-36,38,41,43,46,49-51H,14-21,26-29,31-32H2,1-13H3,(H,56,66)(H,57,64)(H,68,69)/b42-30+/t35?,36-,38+,41-,43-,46?,49-,50-,51+/m0/s1. The number of anilines is 1. The predicted octanol–water partition coefficient (Wildman–Crippen LogP) is 7.50. The van der Waals surface area contributed by atoms with Crippen molar-refractivity contribution in [3.05, 3.63) is 40.4 Å². The molecule has 9 atom stereocenters. The Labute approximate surface area is 432 Å². The molecule has 0 aliphatic carbocycles. The van der Waals surface area contributed by atoms with E-state index in [1.807, 2.05) is 67.5 Å². The van der Waals surface area contributed by atoms with Crippen LogP contribution >= 0.6 is 15.9 Å². The number of halogens is 1. The first-order chi connectivity index (χ1) is 33.4. The molecular formula is C54H86BrN5O11. The highest BCUT2D eigenvalue weighted by molar-refractivity contribution is 9.12. The molecule has 0 spiro atoms. The van der Waals surface area contributed by atoms with Gasteiger partial charge in [-0.15, -0.1) is 0 Å². The van der Waals surface area contributed by atoms with E-state index in [0.717, 1.165) is 6.42 Å². The summed E-state index contributed by atoms with van der Waals surface area (Å²) in [5.74, 6) is -4.99. The van der Waals surface area contributed by atoms with E-state index in [1.165, 1.54) is 13.2 Å². The first kappa shape index (κ1) is 62.8. The zero-order valence-electron chi connectivity index (χ0n) is 44.9. The lowest BCUT2D eigenvalue weighted by Gasteiger charge is -2.41. The lowest BCUT2D eigenvalue weighted by atomic mass is 9.83. The number of amides is 4. The number of Topliss-reactive ketones (excluding diaryl/α,β-unsaturated/α-hetero) is 2. The molecule has 3 N–H and O–H groups in total. The highest BCUT2D eigenvalue weighted by Crippen LogP contribution is 2.32. The molecule has 4 amide bonds. The Morgan fingerprint density at radius 3 is 2.03 bits per heavy atom. The molecule has 0 radical (unpaired) electrons. The summed E-state index contributed by atoms with van der Waals surface area (Å²) in [6.45, 7) is 16.6. The Bertz CT molecular complexity index is 1950. The molecule has 1 heterocycles. The smallest absolute Gasteiger partial charge is 0.307 e. The van der Waals surface area contributed by atoms with Crippen LogP contribution in [-0.4, -0.2) is 146 Å². The van der Waals surface area contributed by atoms with Gasteiger partial charge in [0.15, 0.2) is 11.6 Å². The van der Waals surface area contributed by atoms with Crippen molar-refractivity contribution in [3.63, 3.8) is 0 Å². The van der Waals surface area contributed by atoms with E-state index < -0.39 is 48.0 Å². The van der Waals surface area contributed by atoms with Crippen molar-refractivity contribution >= 4 is 68.6 Å². The number of nitrogens with zero attached hydrogens (tertiary/aromatic N) is 3. The number of likely N-dealkylation sites (tertiary alicyclic amines) is 1. The zero-order chi connectivity index (χ0) is 53.7. The van der Waals surface area contributed by atoms with E-state index in [2.05, 4.69) is 26.6 Å². The third-order valence-corrected chi connectivity index (χ3v) is 14.6. The molecule has 2 unspecified atom stereocenters. The summed E-state index contributed by atoms with van der Waals surface area (Å²) in [7, 11) is 8.53. The molecule has 0 aromatic heterocycles. The minimum absolute atomic E-state index is 0.0178. The summed E-state index contributed by atoms with van der Waals surface area (Å²) in [4.78, 5) is 111. The van der Waals surface area contributed by atoms with Crippen molar-refractivity contribution in [2.45, 2.75) is 163 Å². The highest BCUT2D eigenvalue weighted by atomic mass is 79.9. The van der Waals surface area contributed by atoms with E-state index in [0.29, 0.717) is 56.4 Å². The number of carbonyl (C=O) groups excluding carboxylic acids is 7. The van der Waals surface area contributed by atoms with Crippen molar-refractivity contribution < 1.29 is 52.9 Å². The number of allylic oxidation sites excluding steroid dienone is 1. The maximum atomic E-state index is 14.4. The minimum atomic E-state index is -1.12. The first-order valence-corrected chi connectivity index (χ1v) is 26.4. The average Bonchev–Trinajstić information content (AvgIpc) is 3.80. The number of likely N-dealkylation sites (N-methyl/N-ethyl adjacent to an activating group) is 2. The summed E-state index contributed by atoms with van der Waals surface area (Å²) in [6.07, 6.45) is 3.84. The van der Waals surface area contributed by atoms with Crippen LogP contribution in [0.25, 0.3) is 0 Å². The van der Waals surface area contributed by atoms with Gasteiger partial charge < -0.3 is 35.0 Å². The number of methoxy groups -OCH3 is 2. The van der Waals surface area contributed by atoms with Crippen LogP contribution in [0.5, 0.6) is 0 Å². The maximum absolute atomic E-state index is 14.4. The average molecular weight is 1060 g/mol. The Morgan fingerprint density at radius 1 is 0.859 bits per heavy atom. The molecular weight excluding hydrogens is 975 g/mol. The molecule has 1 aromatic rings. The van der Waals surface area contributed by atoms with E-state index in [4.69, 9.17) is 9.47 Å². The third kappa shape index (κ3) is 19.6. The van der Waals surface area contributed by atoms with E-state index >= 15 is 0 Å². The number of hydrogen-bond acceptors (Lipinski definition) is 11. The molecule has 0 saturated carbocycles. The number of benzene rings is 1. The number of unbranched alkanes of at least 4 members (excludes halogenated alkanes) is 1. The number of ketones is 3. The topological polar surface area (TPSA) is 209 Å². The number of aliphatic carboxylic acids is 1. The molecule has 2 rings (SSSR count). The van der Waals surface area contributed by atoms with Gasteiger partial charge >= 0.3 is 5.97 Å². The van der Waals surface area contributed by atoms with Gasteiger partial charge in [-0.1, -0.05) is 73.9 Å². The molecule has 1 saturated heterocycles. The van der Waals surface area contributed by atoms with Crippen LogP contribution in [0.1, 0.15) is 132 Å². The highest BCUT2D eigenvalue weighted by Gasteiger charge is 2.43. The van der Waals surface area contributed by atoms with Gasteiger partial charge in [-0.05, 0) is 104 Å². The van der Waals surface area contributed by atoms with Crippen LogP contribution in [-0.2, 0) is 54.3 Å². The zero-order valence-corrected chi connectivity index (χ0v) is 46.5. The molecule has 1 fully saturated rings. The van der Waals surface area contributed by atoms with Crippen LogP contribution in [0.15, 0.2) is 34.8 Å².